The third-order valence-corrected chi connectivity index (χ3v) is 5.06. The molecule has 0 saturated carbocycles. The number of benzene rings is 2. The van der Waals surface area contributed by atoms with Crippen LogP contribution in [0.2, 0.25) is 5.02 Å². The molecule has 29 heavy (non-hydrogen) atoms. The zero-order valence-corrected chi connectivity index (χ0v) is 16.8. The maximum atomic E-state index is 10.3. The Bertz CT molecular complexity index is 1130. The summed E-state index contributed by atoms with van der Waals surface area (Å²) in [5, 5.41) is 11.8. The van der Waals surface area contributed by atoms with Crippen molar-refractivity contribution in [1.29, 1.82) is 0 Å². The van der Waals surface area contributed by atoms with Crippen LogP contribution in [0.5, 0.6) is 5.75 Å². The number of rotatable bonds is 6. The van der Waals surface area contributed by atoms with E-state index in [1.165, 1.54) is 0 Å². The van der Waals surface area contributed by atoms with Crippen LogP contribution < -0.4 is 4.90 Å². The van der Waals surface area contributed by atoms with Gasteiger partial charge in [-0.3, -0.25) is 4.98 Å². The van der Waals surface area contributed by atoms with Crippen LogP contribution in [-0.4, -0.2) is 33.1 Å². The summed E-state index contributed by atoms with van der Waals surface area (Å²) in [6.07, 6.45) is 2.61. The van der Waals surface area contributed by atoms with Gasteiger partial charge in [0.2, 0.25) is 0 Å². The van der Waals surface area contributed by atoms with Gasteiger partial charge in [-0.1, -0.05) is 29.8 Å². The number of fused-ring (bicyclic) bond motifs is 1. The molecule has 0 fully saturated rings. The second kappa shape index (κ2) is 8.45. The first-order valence-corrected chi connectivity index (χ1v) is 9.94. The molecule has 2 aromatic carbocycles. The standard InChI is InChI=1S/C23H21ClN4O/c1-2-28(14-12-17-7-5-6-13-25-17)23-18-11-10-16(24)15-20(18)26-22(27-23)19-8-3-4-9-21(19)29/h3-11,13,15,29H,2,12,14H2,1H3. The van der Waals surface area contributed by atoms with Gasteiger partial charge in [-0.2, -0.15) is 0 Å². The van der Waals surface area contributed by atoms with E-state index in [2.05, 4.69) is 21.8 Å². The highest BCUT2D eigenvalue weighted by molar-refractivity contribution is 6.31. The summed E-state index contributed by atoms with van der Waals surface area (Å²) in [6.45, 7) is 3.65. The minimum Gasteiger partial charge on any atom is -0.507 e. The Labute approximate surface area is 174 Å². The predicted octanol–water partition coefficient (Wildman–Crippen LogP) is 5.12. The Hall–Kier alpha value is -3.18. The fourth-order valence-corrected chi connectivity index (χ4v) is 3.49. The van der Waals surface area contributed by atoms with Gasteiger partial charge in [-0.15, -0.1) is 0 Å². The molecule has 0 spiro atoms. The van der Waals surface area contributed by atoms with Crippen LogP contribution in [-0.2, 0) is 6.42 Å². The number of phenolic OH excluding ortho intramolecular Hbond substituents is 1. The van der Waals surface area contributed by atoms with Crippen LogP contribution in [0, 0.1) is 0 Å². The van der Waals surface area contributed by atoms with Crippen molar-refractivity contribution < 1.29 is 5.11 Å². The van der Waals surface area contributed by atoms with Crippen molar-refractivity contribution in [2.75, 3.05) is 18.0 Å². The number of anilines is 1. The largest absolute Gasteiger partial charge is 0.507 e. The molecule has 0 atom stereocenters. The number of likely N-dealkylation sites (N-methyl/N-ethyl adjacent to an activating group) is 1. The second-order valence-electron chi connectivity index (χ2n) is 6.70. The van der Waals surface area contributed by atoms with Gasteiger partial charge in [0, 0.05) is 41.8 Å². The predicted molar refractivity (Wildman–Crippen MR) is 117 cm³/mol. The van der Waals surface area contributed by atoms with Crippen LogP contribution >= 0.6 is 11.6 Å². The number of phenols is 1. The van der Waals surface area contributed by atoms with E-state index in [9.17, 15) is 5.11 Å². The quantitative estimate of drug-likeness (QED) is 0.483. The van der Waals surface area contributed by atoms with Gasteiger partial charge in [0.15, 0.2) is 5.82 Å². The lowest BCUT2D eigenvalue weighted by Crippen LogP contribution is -2.27. The highest BCUT2D eigenvalue weighted by atomic mass is 35.5. The smallest absolute Gasteiger partial charge is 0.165 e. The topological polar surface area (TPSA) is 62.1 Å². The lowest BCUT2D eigenvalue weighted by Gasteiger charge is -2.24. The number of aromatic nitrogens is 3. The number of hydrogen-bond donors (Lipinski definition) is 1. The van der Waals surface area contributed by atoms with Crippen LogP contribution in [0.25, 0.3) is 22.3 Å². The van der Waals surface area contributed by atoms with Crippen molar-refractivity contribution in [1.82, 2.24) is 15.0 Å². The third kappa shape index (κ3) is 4.15. The molecule has 0 saturated heterocycles. The maximum absolute atomic E-state index is 10.3. The maximum Gasteiger partial charge on any atom is 0.165 e. The molecular weight excluding hydrogens is 384 g/mol. The Morgan fingerprint density at radius 3 is 2.59 bits per heavy atom. The van der Waals surface area contributed by atoms with Crippen molar-refractivity contribution >= 4 is 28.3 Å². The van der Waals surface area contributed by atoms with E-state index >= 15 is 0 Å². The number of nitrogens with zero attached hydrogens (tertiary/aromatic N) is 4. The number of pyridine rings is 1. The molecule has 5 nitrogen and oxygen atoms in total. The highest BCUT2D eigenvalue weighted by Gasteiger charge is 2.16. The van der Waals surface area contributed by atoms with E-state index in [4.69, 9.17) is 16.6 Å². The summed E-state index contributed by atoms with van der Waals surface area (Å²) in [5.74, 6) is 1.45. The van der Waals surface area contributed by atoms with E-state index in [0.29, 0.717) is 16.4 Å². The molecule has 4 rings (SSSR count). The van der Waals surface area contributed by atoms with E-state index in [-0.39, 0.29) is 5.75 Å². The zero-order valence-electron chi connectivity index (χ0n) is 16.1. The van der Waals surface area contributed by atoms with Crippen LogP contribution in [0.4, 0.5) is 5.82 Å². The van der Waals surface area contributed by atoms with Gasteiger partial charge >= 0.3 is 0 Å². The molecule has 0 aliphatic carbocycles. The zero-order chi connectivity index (χ0) is 20.2. The van der Waals surface area contributed by atoms with Gasteiger partial charge in [0.05, 0.1) is 11.1 Å². The average molecular weight is 405 g/mol. The second-order valence-corrected chi connectivity index (χ2v) is 7.14. The molecular formula is C23H21ClN4O. The van der Waals surface area contributed by atoms with E-state index in [1.54, 1.807) is 12.1 Å². The molecule has 4 aromatic rings. The van der Waals surface area contributed by atoms with Crippen LogP contribution in [0.1, 0.15) is 12.6 Å². The molecule has 146 valence electrons. The molecule has 1 N–H and O–H groups in total. The molecule has 0 bridgehead atoms. The highest BCUT2D eigenvalue weighted by Crippen LogP contribution is 2.32. The van der Waals surface area contributed by atoms with Crippen molar-refractivity contribution in [2.24, 2.45) is 0 Å². The van der Waals surface area contributed by atoms with E-state index in [0.717, 1.165) is 41.9 Å². The number of hydrogen-bond acceptors (Lipinski definition) is 5. The van der Waals surface area contributed by atoms with E-state index < -0.39 is 0 Å². The fourth-order valence-electron chi connectivity index (χ4n) is 3.32. The lowest BCUT2D eigenvalue weighted by molar-refractivity contribution is 0.477. The van der Waals surface area contributed by atoms with Gasteiger partial charge in [-0.05, 0) is 49.4 Å². The van der Waals surface area contributed by atoms with Gasteiger partial charge in [-0.25, -0.2) is 9.97 Å². The summed E-state index contributed by atoms with van der Waals surface area (Å²) in [5.41, 5.74) is 2.38. The van der Waals surface area contributed by atoms with Crippen molar-refractivity contribution in [3.63, 3.8) is 0 Å². The lowest BCUT2D eigenvalue weighted by atomic mass is 10.1. The third-order valence-electron chi connectivity index (χ3n) is 4.83. The monoisotopic (exact) mass is 404 g/mol. The summed E-state index contributed by atoms with van der Waals surface area (Å²) in [4.78, 5) is 16.1. The molecule has 2 aromatic heterocycles. The number of aromatic hydroxyl groups is 1. The Balaban J connectivity index is 1.79. The SMILES string of the molecule is CCN(CCc1ccccn1)c1nc(-c2ccccc2O)nc2cc(Cl)ccc12. The molecule has 0 radical (unpaired) electrons. The van der Waals surface area contributed by atoms with E-state index in [1.807, 2.05) is 54.7 Å². The number of halogens is 1. The van der Waals surface area contributed by atoms with Crippen LogP contribution in [0.3, 0.4) is 0 Å². The summed E-state index contributed by atoms with van der Waals surface area (Å²) < 4.78 is 0. The molecule has 0 amide bonds. The summed E-state index contributed by atoms with van der Waals surface area (Å²) in [7, 11) is 0. The Morgan fingerprint density at radius 2 is 1.83 bits per heavy atom. The molecule has 6 heteroatoms. The first-order chi connectivity index (χ1) is 14.2. The van der Waals surface area contributed by atoms with Crippen molar-refractivity contribution in [3.8, 4) is 17.1 Å². The van der Waals surface area contributed by atoms with Crippen molar-refractivity contribution in [2.45, 2.75) is 13.3 Å². The van der Waals surface area contributed by atoms with Crippen LogP contribution in [0.15, 0.2) is 66.9 Å². The number of para-hydroxylation sites is 1. The average Bonchev–Trinajstić information content (AvgIpc) is 2.74. The first-order valence-electron chi connectivity index (χ1n) is 9.56. The van der Waals surface area contributed by atoms with Gasteiger partial charge in [0.25, 0.3) is 0 Å². The molecule has 0 aliphatic heterocycles. The minimum atomic E-state index is 0.149. The van der Waals surface area contributed by atoms with Gasteiger partial charge in [0.1, 0.15) is 11.6 Å². The summed E-state index contributed by atoms with van der Waals surface area (Å²) >= 11 is 6.22. The Morgan fingerprint density at radius 1 is 1.00 bits per heavy atom. The minimum absolute atomic E-state index is 0.149. The fraction of sp³-hybridized carbons (Fsp3) is 0.174. The summed E-state index contributed by atoms with van der Waals surface area (Å²) in [6, 6.07) is 18.7. The molecule has 0 aliphatic rings. The van der Waals surface area contributed by atoms with Gasteiger partial charge < -0.3 is 10.0 Å². The first kappa shape index (κ1) is 19.2. The van der Waals surface area contributed by atoms with Crippen molar-refractivity contribution in [3.05, 3.63) is 77.6 Å². The Kier molecular flexibility index (Phi) is 5.58. The molecule has 2 heterocycles. The molecule has 0 unspecified atom stereocenters. The normalized spacial score (nSPS) is 11.0.